The number of hydrogen-bond acceptors (Lipinski definition) is 3. The van der Waals surface area contributed by atoms with E-state index in [0.717, 1.165) is 0 Å². The van der Waals surface area contributed by atoms with Crippen molar-refractivity contribution in [1.29, 1.82) is 0 Å². The molecular weight excluding hydrogens is 144 g/mol. The fraction of sp³-hybridized carbons (Fsp3) is 0.571. The van der Waals surface area contributed by atoms with Crippen molar-refractivity contribution in [3.05, 3.63) is 12.3 Å². The number of nitrogens with zero attached hydrogens (tertiary/aromatic N) is 1. The third kappa shape index (κ3) is 2.14. The minimum Gasteiger partial charge on any atom is -0.450 e. The Kier molecular flexibility index (Phi) is 2.77. The van der Waals surface area contributed by atoms with Crippen LogP contribution in [0.5, 0.6) is 0 Å². The van der Waals surface area contributed by atoms with Gasteiger partial charge in [0.25, 0.3) is 0 Å². The molecule has 0 atom stereocenters. The lowest BCUT2D eigenvalue weighted by atomic mass is 10.5. The number of carbonyl (C=O) groups excluding carboxylic acids is 1. The van der Waals surface area contributed by atoms with E-state index in [-0.39, 0.29) is 6.09 Å². The maximum atomic E-state index is 11.0. The number of carbonyl (C=O) groups is 1. The van der Waals surface area contributed by atoms with Crippen LogP contribution in [0.15, 0.2) is 12.3 Å². The van der Waals surface area contributed by atoms with Crippen molar-refractivity contribution in [2.75, 3.05) is 19.8 Å². The summed E-state index contributed by atoms with van der Waals surface area (Å²) in [6.07, 6.45) is 3.44. The summed E-state index contributed by atoms with van der Waals surface area (Å²) in [5.74, 6) is 0. The van der Waals surface area contributed by atoms with Crippen LogP contribution in [0.3, 0.4) is 0 Å². The zero-order chi connectivity index (χ0) is 8.10. The predicted octanol–water partition coefficient (Wildman–Crippen LogP) is 0.519. The summed E-state index contributed by atoms with van der Waals surface area (Å²) in [4.78, 5) is 12.6. The van der Waals surface area contributed by atoms with Crippen LogP contribution in [0, 0.1) is 0 Å². The first-order chi connectivity index (χ1) is 5.34. The summed E-state index contributed by atoms with van der Waals surface area (Å²) >= 11 is 0. The van der Waals surface area contributed by atoms with Crippen LogP contribution in [0.25, 0.3) is 0 Å². The van der Waals surface area contributed by atoms with E-state index in [2.05, 4.69) is 5.32 Å². The van der Waals surface area contributed by atoms with Crippen LogP contribution in [0.4, 0.5) is 4.79 Å². The van der Waals surface area contributed by atoms with Gasteiger partial charge in [0.2, 0.25) is 0 Å². The standard InChI is InChI=1S/C7H12N2O2/c1-2-11-7(10)9-5-3-4-8-6-9/h3-4,8H,2,5-6H2,1H3. The van der Waals surface area contributed by atoms with Gasteiger partial charge in [-0.2, -0.15) is 0 Å². The highest BCUT2D eigenvalue weighted by Crippen LogP contribution is 1.95. The summed E-state index contributed by atoms with van der Waals surface area (Å²) in [7, 11) is 0. The Labute approximate surface area is 65.8 Å². The molecule has 62 valence electrons. The highest BCUT2D eigenvalue weighted by atomic mass is 16.6. The highest BCUT2D eigenvalue weighted by Gasteiger charge is 2.13. The predicted molar refractivity (Wildman–Crippen MR) is 40.9 cm³/mol. The average Bonchev–Trinajstić information content (AvgIpc) is 2.07. The van der Waals surface area contributed by atoms with E-state index < -0.39 is 0 Å². The molecule has 0 radical (unpaired) electrons. The van der Waals surface area contributed by atoms with Gasteiger partial charge in [0.05, 0.1) is 13.3 Å². The van der Waals surface area contributed by atoms with E-state index >= 15 is 0 Å². The van der Waals surface area contributed by atoms with E-state index in [1.165, 1.54) is 0 Å². The first-order valence-corrected chi connectivity index (χ1v) is 3.64. The van der Waals surface area contributed by atoms with Crippen LogP contribution in [-0.4, -0.2) is 30.8 Å². The maximum absolute atomic E-state index is 11.0. The Hall–Kier alpha value is -1.19. The smallest absolute Gasteiger partial charge is 0.411 e. The van der Waals surface area contributed by atoms with Gasteiger partial charge in [0, 0.05) is 6.54 Å². The number of nitrogens with one attached hydrogen (secondary N) is 1. The van der Waals surface area contributed by atoms with E-state index in [1.807, 2.05) is 12.3 Å². The molecule has 4 nitrogen and oxygen atoms in total. The molecule has 1 N–H and O–H groups in total. The summed E-state index contributed by atoms with van der Waals surface area (Å²) < 4.78 is 4.79. The van der Waals surface area contributed by atoms with Gasteiger partial charge < -0.3 is 10.1 Å². The second kappa shape index (κ2) is 3.85. The highest BCUT2D eigenvalue weighted by molar-refractivity contribution is 5.67. The second-order valence-corrected chi connectivity index (χ2v) is 2.19. The van der Waals surface area contributed by atoms with Crippen molar-refractivity contribution in [1.82, 2.24) is 10.2 Å². The van der Waals surface area contributed by atoms with Crippen molar-refractivity contribution in [3.63, 3.8) is 0 Å². The van der Waals surface area contributed by atoms with Gasteiger partial charge in [-0.05, 0) is 19.2 Å². The second-order valence-electron chi connectivity index (χ2n) is 2.19. The molecule has 0 aromatic rings. The van der Waals surface area contributed by atoms with Gasteiger partial charge in [-0.25, -0.2) is 4.79 Å². The van der Waals surface area contributed by atoms with Gasteiger partial charge in [-0.3, -0.25) is 4.90 Å². The van der Waals surface area contributed by atoms with Gasteiger partial charge in [0.15, 0.2) is 0 Å². The largest absolute Gasteiger partial charge is 0.450 e. The van der Waals surface area contributed by atoms with Crippen molar-refractivity contribution >= 4 is 6.09 Å². The Balaban J connectivity index is 2.34. The number of ether oxygens (including phenoxy) is 1. The van der Waals surface area contributed by atoms with E-state index in [4.69, 9.17) is 4.74 Å². The lowest BCUT2D eigenvalue weighted by Gasteiger charge is -2.22. The minimum absolute atomic E-state index is 0.260. The molecule has 0 fully saturated rings. The molecule has 1 aliphatic rings. The zero-order valence-corrected chi connectivity index (χ0v) is 6.54. The molecule has 4 heteroatoms. The van der Waals surface area contributed by atoms with Crippen LogP contribution < -0.4 is 5.32 Å². The molecule has 1 amide bonds. The third-order valence-electron chi connectivity index (χ3n) is 1.37. The number of hydrogen-bond donors (Lipinski definition) is 1. The molecule has 0 aliphatic carbocycles. The summed E-state index contributed by atoms with van der Waals surface area (Å²) in [5.41, 5.74) is 0. The van der Waals surface area contributed by atoms with Gasteiger partial charge in [-0.1, -0.05) is 0 Å². The zero-order valence-electron chi connectivity index (χ0n) is 6.54. The lowest BCUT2D eigenvalue weighted by Crippen LogP contribution is -2.40. The molecule has 0 aromatic heterocycles. The normalized spacial score (nSPS) is 15.9. The molecule has 0 saturated heterocycles. The first-order valence-electron chi connectivity index (χ1n) is 3.64. The summed E-state index contributed by atoms with van der Waals surface area (Å²) in [5, 5.41) is 2.92. The van der Waals surface area contributed by atoms with Crippen LogP contribution in [0.2, 0.25) is 0 Å². The quantitative estimate of drug-likeness (QED) is 0.601. The van der Waals surface area contributed by atoms with Crippen molar-refractivity contribution in [3.8, 4) is 0 Å². The number of amides is 1. The molecule has 1 aliphatic heterocycles. The van der Waals surface area contributed by atoms with E-state index in [9.17, 15) is 4.79 Å². The third-order valence-corrected chi connectivity index (χ3v) is 1.37. The molecule has 0 saturated carbocycles. The molecule has 11 heavy (non-hydrogen) atoms. The Bertz CT molecular complexity index is 168. The van der Waals surface area contributed by atoms with Crippen LogP contribution in [-0.2, 0) is 4.74 Å². The Morgan fingerprint density at radius 2 is 2.64 bits per heavy atom. The molecule has 1 heterocycles. The molecular formula is C7H12N2O2. The molecule has 0 spiro atoms. The lowest BCUT2D eigenvalue weighted by molar-refractivity contribution is 0.108. The van der Waals surface area contributed by atoms with Crippen molar-refractivity contribution in [2.45, 2.75) is 6.92 Å². The Morgan fingerprint density at radius 3 is 3.18 bits per heavy atom. The fourth-order valence-electron chi connectivity index (χ4n) is 0.845. The molecule has 1 rings (SSSR count). The van der Waals surface area contributed by atoms with E-state index in [0.29, 0.717) is 19.8 Å². The Morgan fingerprint density at radius 1 is 1.82 bits per heavy atom. The molecule has 0 aromatic carbocycles. The summed E-state index contributed by atoms with van der Waals surface area (Å²) in [6, 6.07) is 0. The van der Waals surface area contributed by atoms with Gasteiger partial charge in [-0.15, -0.1) is 0 Å². The topological polar surface area (TPSA) is 41.6 Å². The molecule has 0 bridgehead atoms. The average molecular weight is 156 g/mol. The van der Waals surface area contributed by atoms with E-state index in [1.54, 1.807) is 11.8 Å². The maximum Gasteiger partial charge on any atom is 0.411 e. The first kappa shape index (κ1) is 7.91. The minimum atomic E-state index is -0.260. The monoisotopic (exact) mass is 156 g/mol. The van der Waals surface area contributed by atoms with Crippen molar-refractivity contribution < 1.29 is 9.53 Å². The summed E-state index contributed by atoms with van der Waals surface area (Å²) in [6.45, 7) is 3.39. The van der Waals surface area contributed by atoms with Crippen LogP contribution >= 0.6 is 0 Å². The SMILES string of the molecule is CCOC(=O)N1CC=CNC1. The van der Waals surface area contributed by atoms with Gasteiger partial charge in [0.1, 0.15) is 0 Å². The van der Waals surface area contributed by atoms with Crippen LogP contribution in [0.1, 0.15) is 6.92 Å². The molecule has 0 unspecified atom stereocenters. The van der Waals surface area contributed by atoms with Gasteiger partial charge >= 0.3 is 6.09 Å². The number of rotatable bonds is 1. The fourth-order valence-corrected chi connectivity index (χ4v) is 0.845. The van der Waals surface area contributed by atoms with Crippen molar-refractivity contribution in [2.24, 2.45) is 0 Å².